The second-order valence-corrected chi connectivity index (χ2v) is 7.23. The second-order valence-electron chi connectivity index (χ2n) is 6.29. The van der Waals surface area contributed by atoms with Crippen molar-refractivity contribution < 1.29 is 4.79 Å². The number of thiophene rings is 1. The molecule has 1 aliphatic rings. The quantitative estimate of drug-likeness (QED) is 0.682. The van der Waals surface area contributed by atoms with Crippen LogP contribution in [0.3, 0.4) is 0 Å². The summed E-state index contributed by atoms with van der Waals surface area (Å²) < 4.78 is 1.85. The van der Waals surface area contributed by atoms with Gasteiger partial charge in [0.2, 0.25) is 0 Å². The van der Waals surface area contributed by atoms with E-state index in [2.05, 4.69) is 27.9 Å². The molecule has 1 amide bonds. The van der Waals surface area contributed by atoms with Gasteiger partial charge >= 0.3 is 0 Å². The van der Waals surface area contributed by atoms with E-state index in [1.54, 1.807) is 11.3 Å². The third-order valence-corrected chi connectivity index (χ3v) is 5.24. The molecule has 2 N–H and O–H groups in total. The average Bonchev–Trinajstić information content (AvgIpc) is 3.23. The minimum Gasteiger partial charge on any atom is -0.352 e. The zero-order valence-corrected chi connectivity index (χ0v) is 15.9. The molecule has 0 unspecified atom stereocenters. The first kappa shape index (κ1) is 18.6. The topological polar surface area (TPSA) is 59.0 Å². The van der Waals surface area contributed by atoms with Crippen LogP contribution in [-0.2, 0) is 6.54 Å². The standard InChI is InChI=1S/C19H20N4OS.ClH/c24-19(21-11-15-9-20-10-15)16-13-23(12-14-5-2-1-3-6-14)22-18(16)17-7-4-8-25-17;/h1-8,13,15,20H,9-12H2,(H,21,24);1H. The number of rotatable bonds is 6. The van der Waals surface area contributed by atoms with E-state index in [9.17, 15) is 4.79 Å². The van der Waals surface area contributed by atoms with Gasteiger partial charge in [0.25, 0.3) is 5.91 Å². The van der Waals surface area contributed by atoms with Crippen molar-refractivity contribution in [3.05, 3.63) is 65.2 Å². The van der Waals surface area contributed by atoms with Crippen molar-refractivity contribution in [3.63, 3.8) is 0 Å². The van der Waals surface area contributed by atoms with Gasteiger partial charge in [-0.2, -0.15) is 5.10 Å². The smallest absolute Gasteiger partial charge is 0.255 e. The third-order valence-electron chi connectivity index (χ3n) is 4.37. The van der Waals surface area contributed by atoms with Gasteiger partial charge in [-0.1, -0.05) is 36.4 Å². The van der Waals surface area contributed by atoms with E-state index in [1.165, 1.54) is 0 Å². The number of benzene rings is 1. The van der Waals surface area contributed by atoms with Crippen molar-refractivity contribution in [2.75, 3.05) is 19.6 Å². The summed E-state index contributed by atoms with van der Waals surface area (Å²) in [5.41, 5.74) is 2.57. The molecule has 2 aromatic heterocycles. The number of halogens is 1. The molecule has 5 nitrogen and oxygen atoms in total. The largest absolute Gasteiger partial charge is 0.352 e. The minimum absolute atomic E-state index is 0. The van der Waals surface area contributed by atoms with Crippen LogP contribution in [0.1, 0.15) is 15.9 Å². The maximum Gasteiger partial charge on any atom is 0.255 e. The fourth-order valence-corrected chi connectivity index (χ4v) is 3.58. The van der Waals surface area contributed by atoms with Crippen molar-refractivity contribution >= 4 is 29.7 Å². The highest BCUT2D eigenvalue weighted by Gasteiger charge is 2.21. The Balaban J connectivity index is 0.00000196. The lowest BCUT2D eigenvalue weighted by Crippen LogP contribution is -2.48. The number of hydrogen-bond donors (Lipinski definition) is 2. The van der Waals surface area contributed by atoms with Gasteiger partial charge in [-0.25, -0.2) is 0 Å². The monoisotopic (exact) mass is 388 g/mol. The molecule has 0 atom stereocenters. The first-order valence-corrected chi connectivity index (χ1v) is 9.32. The van der Waals surface area contributed by atoms with E-state index in [-0.39, 0.29) is 18.3 Å². The number of aromatic nitrogens is 2. The van der Waals surface area contributed by atoms with E-state index >= 15 is 0 Å². The van der Waals surface area contributed by atoms with Crippen LogP contribution in [0.5, 0.6) is 0 Å². The predicted octanol–water partition coefficient (Wildman–Crippen LogP) is 3.03. The Kier molecular flexibility index (Phi) is 6.08. The lowest BCUT2D eigenvalue weighted by molar-refractivity contribution is 0.0943. The van der Waals surface area contributed by atoms with Gasteiger partial charge < -0.3 is 10.6 Å². The van der Waals surface area contributed by atoms with Crippen LogP contribution in [-0.4, -0.2) is 35.3 Å². The van der Waals surface area contributed by atoms with E-state index in [4.69, 9.17) is 0 Å². The van der Waals surface area contributed by atoms with Crippen molar-refractivity contribution in [3.8, 4) is 10.6 Å². The molecule has 1 fully saturated rings. The highest BCUT2D eigenvalue weighted by molar-refractivity contribution is 7.13. The normalized spacial score (nSPS) is 13.7. The maximum atomic E-state index is 12.7. The van der Waals surface area contributed by atoms with Gasteiger partial charge in [0, 0.05) is 31.7 Å². The molecule has 7 heteroatoms. The van der Waals surface area contributed by atoms with Gasteiger partial charge in [-0.3, -0.25) is 9.48 Å². The summed E-state index contributed by atoms with van der Waals surface area (Å²) in [4.78, 5) is 13.7. The highest BCUT2D eigenvalue weighted by Crippen LogP contribution is 2.27. The molecule has 26 heavy (non-hydrogen) atoms. The summed E-state index contributed by atoms with van der Waals surface area (Å²) in [5.74, 6) is 0.489. The van der Waals surface area contributed by atoms with Crippen molar-refractivity contribution in [2.45, 2.75) is 6.54 Å². The number of nitrogens with zero attached hydrogens (tertiary/aromatic N) is 2. The predicted molar refractivity (Wildman–Crippen MR) is 107 cm³/mol. The molecule has 136 valence electrons. The summed E-state index contributed by atoms with van der Waals surface area (Å²) >= 11 is 1.60. The van der Waals surface area contributed by atoms with E-state index in [0.717, 1.165) is 29.2 Å². The van der Waals surface area contributed by atoms with E-state index in [1.807, 2.05) is 46.6 Å². The lowest BCUT2D eigenvalue weighted by Gasteiger charge is -2.27. The molecule has 0 spiro atoms. The van der Waals surface area contributed by atoms with Crippen molar-refractivity contribution in [1.82, 2.24) is 20.4 Å². The number of amides is 1. The third kappa shape index (κ3) is 4.15. The molecule has 4 rings (SSSR count). The van der Waals surface area contributed by atoms with Crippen molar-refractivity contribution in [1.29, 1.82) is 0 Å². The Morgan fingerprint density at radius 1 is 1.23 bits per heavy atom. The second kappa shape index (κ2) is 8.49. The maximum absolute atomic E-state index is 12.7. The summed E-state index contributed by atoms with van der Waals surface area (Å²) in [6, 6.07) is 14.1. The van der Waals surface area contributed by atoms with Crippen LogP contribution < -0.4 is 10.6 Å². The van der Waals surface area contributed by atoms with Crippen molar-refractivity contribution in [2.24, 2.45) is 5.92 Å². The summed E-state index contributed by atoms with van der Waals surface area (Å²) in [7, 11) is 0. The van der Waals surface area contributed by atoms with Gasteiger partial charge in [0.05, 0.1) is 17.0 Å². The Labute approximate surface area is 162 Å². The molecular weight excluding hydrogens is 368 g/mol. The van der Waals surface area contributed by atoms with Crippen LogP contribution in [0.2, 0.25) is 0 Å². The Morgan fingerprint density at radius 3 is 2.69 bits per heavy atom. The average molecular weight is 389 g/mol. The molecule has 0 bridgehead atoms. The highest BCUT2D eigenvalue weighted by atomic mass is 35.5. The van der Waals surface area contributed by atoms with Crippen LogP contribution in [0, 0.1) is 5.92 Å². The molecule has 0 saturated carbocycles. The number of carbonyl (C=O) groups excluding carboxylic acids is 1. The lowest BCUT2D eigenvalue weighted by atomic mass is 10.0. The summed E-state index contributed by atoms with van der Waals surface area (Å²) in [6.07, 6.45) is 1.86. The zero-order valence-electron chi connectivity index (χ0n) is 14.2. The number of carbonyl (C=O) groups is 1. The number of nitrogens with one attached hydrogen (secondary N) is 2. The summed E-state index contributed by atoms with van der Waals surface area (Å²) in [6.45, 7) is 3.31. The molecule has 0 aliphatic carbocycles. The van der Waals surface area contributed by atoms with Gasteiger partial charge in [-0.05, 0) is 17.0 Å². The Bertz CT molecular complexity index is 844. The van der Waals surface area contributed by atoms with Gasteiger partial charge in [0.15, 0.2) is 0 Å². The molecule has 1 aromatic carbocycles. The molecular formula is C19H21ClN4OS. The zero-order chi connectivity index (χ0) is 17.1. The van der Waals surface area contributed by atoms with Crippen LogP contribution in [0.15, 0.2) is 54.0 Å². The van der Waals surface area contributed by atoms with Gasteiger partial charge in [0.1, 0.15) is 5.69 Å². The fraction of sp³-hybridized carbons (Fsp3) is 0.263. The minimum atomic E-state index is -0.0467. The van der Waals surface area contributed by atoms with Crippen LogP contribution in [0.25, 0.3) is 10.6 Å². The molecule has 3 heterocycles. The van der Waals surface area contributed by atoms with E-state index < -0.39 is 0 Å². The SMILES string of the molecule is Cl.O=C(NCC1CNC1)c1cn(Cc2ccccc2)nc1-c1cccs1. The first-order chi connectivity index (χ1) is 12.3. The van der Waals surface area contributed by atoms with Crippen LogP contribution in [0.4, 0.5) is 0 Å². The number of hydrogen-bond acceptors (Lipinski definition) is 4. The molecule has 1 saturated heterocycles. The first-order valence-electron chi connectivity index (χ1n) is 8.44. The summed E-state index contributed by atoms with van der Waals surface area (Å²) in [5, 5.41) is 13.0. The molecule has 3 aromatic rings. The van der Waals surface area contributed by atoms with Gasteiger partial charge in [-0.15, -0.1) is 23.7 Å². The van der Waals surface area contributed by atoms with E-state index in [0.29, 0.717) is 24.6 Å². The molecule has 1 aliphatic heterocycles. The van der Waals surface area contributed by atoms with Crippen LogP contribution >= 0.6 is 23.7 Å². The fourth-order valence-electron chi connectivity index (χ4n) is 2.86. The Morgan fingerprint density at radius 2 is 2.04 bits per heavy atom. The molecule has 0 radical (unpaired) electrons. The Hall–Kier alpha value is -2.15.